The van der Waals surface area contributed by atoms with Crippen LogP contribution < -0.4 is 0 Å². The van der Waals surface area contributed by atoms with Crippen molar-refractivity contribution < 1.29 is 14.3 Å². The smallest absolute Gasteiger partial charge is 0.222 e. The molecule has 1 aliphatic heterocycles. The Balaban J connectivity index is 1.30. The lowest BCUT2D eigenvalue weighted by molar-refractivity contribution is -0.183. The summed E-state index contributed by atoms with van der Waals surface area (Å²) >= 11 is 0. The lowest BCUT2D eigenvalue weighted by Crippen LogP contribution is -2.59. The van der Waals surface area contributed by atoms with Crippen molar-refractivity contribution in [3.8, 4) is 0 Å². The Morgan fingerprint density at radius 1 is 0.941 bits per heavy atom. The summed E-state index contributed by atoms with van der Waals surface area (Å²) in [4.78, 5) is 14.8. The monoisotopic (exact) mass is 473 g/mol. The van der Waals surface area contributed by atoms with Crippen LogP contribution in [-0.4, -0.2) is 50.3 Å². The van der Waals surface area contributed by atoms with Crippen LogP contribution in [0.15, 0.2) is 0 Å². The molecule has 4 saturated carbocycles. The predicted octanol–water partition coefficient (Wildman–Crippen LogP) is 6.32. The van der Waals surface area contributed by atoms with Crippen LogP contribution in [0, 0.1) is 46.3 Å². The highest BCUT2D eigenvalue weighted by Gasteiger charge is 2.63. The molecule has 5 fully saturated rings. The lowest BCUT2D eigenvalue weighted by atomic mass is 9.43. The third-order valence-electron chi connectivity index (χ3n) is 12.3. The van der Waals surface area contributed by atoms with Gasteiger partial charge >= 0.3 is 0 Å². The van der Waals surface area contributed by atoms with Gasteiger partial charge in [-0.1, -0.05) is 20.8 Å². The highest BCUT2D eigenvalue weighted by atomic mass is 16.5. The van der Waals surface area contributed by atoms with Gasteiger partial charge in [0.15, 0.2) is 0 Å². The minimum atomic E-state index is 0.408. The lowest BCUT2D eigenvalue weighted by Gasteiger charge is -2.63. The molecule has 0 aromatic heterocycles. The Hall–Kier alpha value is -0.610. The zero-order chi connectivity index (χ0) is 24.1. The van der Waals surface area contributed by atoms with Crippen LogP contribution in [0.5, 0.6) is 0 Å². The molecule has 194 valence electrons. The molecule has 0 N–H and O–H groups in total. The van der Waals surface area contributed by atoms with Crippen LogP contribution in [0.2, 0.25) is 0 Å². The number of carbonyl (C=O) groups is 1. The molecule has 0 spiro atoms. The number of amides is 1. The van der Waals surface area contributed by atoms with E-state index in [-0.39, 0.29) is 0 Å². The molecule has 34 heavy (non-hydrogen) atoms. The van der Waals surface area contributed by atoms with E-state index in [2.05, 4.69) is 25.7 Å². The highest BCUT2D eigenvalue weighted by Crippen LogP contribution is 2.68. The van der Waals surface area contributed by atoms with Crippen molar-refractivity contribution >= 4 is 5.91 Å². The Bertz CT molecular complexity index is 735. The summed E-state index contributed by atoms with van der Waals surface area (Å²) in [5, 5.41) is 0. The Morgan fingerprint density at radius 3 is 2.35 bits per heavy atom. The van der Waals surface area contributed by atoms with E-state index in [9.17, 15) is 4.79 Å². The van der Waals surface area contributed by atoms with E-state index >= 15 is 0 Å². The first kappa shape index (κ1) is 25.1. The first-order chi connectivity index (χ1) is 16.3. The summed E-state index contributed by atoms with van der Waals surface area (Å²) in [7, 11) is 3.88. The molecule has 0 aromatic rings. The maximum Gasteiger partial charge on any atom is 0.222 e. The zero-order valence-corrected chi connectivity index (χ0v) is 22.7. The number of rotatable bonds is 6. The van der Waals surface area contributed by atoms with E-state index in [1.54, 1.807) is 0 Å². The molecule has 5 aliphatic rings. The fourth-order valence-electron chi connectivity index (χ4n) is 10.3. The van der Waals surface area contributed by atoms with E-state index in [0.717, 1.165) is 49.6 Å². The first-order valence-electron chi connectivity index (χ1n) is 14.6. The van der Waals surface area contributed by atoms with Crippen LogP contribution in [0.3, 0.4) is 0 Å². The van der Waals surface area contributed by atoms with Crippen LogP contribution in [0.25, 0.3) is 0 Å². The number of ether oxygens (including phenoxy) is 2. The first-order valence-corrected chi connectivity index (χ1v) is 14.6. The zero-order valence-electron chi connectivity index (χ0n) is 22.7. The number of fused-ring (bicyclic) bond motifs is 5. The van der Waals surface area contributed by atoms with E-state index in [1.807, 2.05) is 14.2 Å². The summed E-state index contributed by atoms with van der Waals surface area (Å²) in [5.74, 6) is 4.86. The van der Waals surface area contributed by atoms with Crippen molar-refractivity contribution in [2.45, 2.75) is 110 Å². The Kier molecular flexibility index (Phi) is 7.14. The molecular formula is C30H51NO3. The van der Waals surface area contributed by atoms with E-state index < -0.39 is 0 Å². The SMILES string of the molecule is CO[C@@H]1CC[C@@]2(C)[C@@H](C1)C[C@@H](OC)[C@@H]1[C@@H]2CC[C@]2(C)[C@@H]([C@H](C)CCC(=O)N3CCCC3)CC[C@@H]12. The number of carbonyl (C=O) groups excluding carboxylic acids is 1. The van der Waals surface area contributed by atoms with Crippen LogP contribution in [0.4, 0.5) is 0 Å². The quantitative estimate of drug-likeness (QED) is 0.453. The third-order valence-corrected chi connectivity index (χ3v) is 12.3. The summed E-state index contributed by atoms with van der Waals surface area (Å²) < 4.78 is 12.1. The molecule has 4 heteroatoms. The Labute approximate surface area is 208 Å². The van der Waals surface area contributed by atoms with Gasteiger partial charge in [-0.05, 0) is 117 Å². The molecule has 0 unspecified atom stereocenters. The minimum absolute atomic E-state index is 0.408. The normalized spacial score (nSPS) is 47.1. The molecule has 4 aliphatic carbocycles. The Morgan fingerprint density at radius 2 is 1.65 bits per heavy atom. The summed E-state index contributed by atoms with van der Waals surface area (Å²) in [6, 6.07) is 0. The van der Waals surface area contributed by atoms with Gasteiger partial charge in [0.2, 0.25) is 5.91 Å². The molecule has 4 nitrogen and oxygen atoms in total. The number of hydrogen-bond acceptors (Lipinski definition) is 3. The van der Waals surface area contributed by atoms with Crippen LogP contribution in [0.1, 0.15) is 97.8 Å². The largest absolute Gasteiger partial charge is 0.381 e. The molecule has 1 amide bonds. The average molecular weight is 474 g/mol. The summed E-state index contributed by atoms with van der Waals surface area (Å²) in [5.41, 5.74) is 0.878. The average Bonchev–Trinajstić information content (AvgIpc) is 3.49. The molecular weight excluding hydrogens is 422 g/mol. The van der Waals surface area contributed by atoms with Crippen molar-refractivity contribution in [2.24, 2.45) is 46.3 Å². The van der Waals surface area contributed by atoms with Gasteiger partial charge in [0.05, 0.1) is 12.2 Å². The van der Waals surface area contributed by atoms with Crippen molar-refractivity contribution in [1.29, 1.82) is 0 Å². The molecule has 0 radical (unpaired) electrons. The van der Waals surface area contributed by atoms with Gasteiger partial charge in [-0.3, -0.25) is 4.79 Å². The van der Waals surface area contributed by atoms with E-state index in [1.165, 1.54) is 64.2 Å². The predicted molar refractivity (Wildman–Crippen MR) is 136 cm³/mol. The van der Waals surface area contributed by atoms with Gasteiger partial charge < -0.3 is 14.4 Å². The third kappa shape index (κ3) is 4.07. The number of methoxy groups -OCH3 is 2. The fourth-order valence-corrected chi connectivity index (χ4v) is 10.3. The molecule has 1 heterocycles. The molecule has 0 bridgehead atoms. The van der Waals surface area contributed by atoms with Gasteiger partial charge in [0, 0.05) is 33.7 Å². The number of nitrogens with zero attached hydrogens (tertiary/aromatic N) is 1. The van der Waals surface area contributed by atoms with E-state index in [4.69, 9.17) is 9.47 Å². The van der Waals surface area contributed by atoms with Crippen molar-refractivity contribution in [1.82, 2.24) is 4.90 Å². The maximum atomic E-state index is 12.7. The summed E-state index contributed by atoms with van der Waals surface area (Å²) in [6.07, 6.45) is 15.6. The maximum absolute atomic E-state index is 12.7. The van der Waals surface area contributed by atoms with Crippen molar-refractivity contribution in [3.63, 3.8) is 0 Å². The molecule has 1 saturated heterocycles. The van der Waals surface area contributed by atoms with Crippen LogP contribution in [-0.2, 0) is 14.3 Å². The standard InChI is InChI=1S/C30H51NO3/c1-20(8-11-27(32)31-16-6-7-17-31)23-9-10-24-28-25(13-15-30(23,24)3)29(2)14-12-22(33-4)18-21(29)19-26(28)34-5/h20-26,28H,6-19H2,1-5H3/t20-,21+,22-,23-,24+,25+,26-,28+,29+,30-/m1/s1. The van der Waals surface area contributed by atoms with E-state index in [0.29, 0.717) is 40.8 Å². The second-order valence-corrected chi connectivity index (χ2v) is 13.5. The van der Waals surface area contributed by atoms with Gasteiger partial charge in [-0.2, -0.15) is 0 Å². The molecule has 10 atom stereocenters. The fraction of sp³-hybridized carbons (Fsp3) is 0.967. The van der Waals surface area contributed by atoms with Gasteiger partial charge in [0.25, 0.3) is 0 Å². The minimum Gasteiger partial charge on any atom is -0.381 e. The second-order valence-electron chi connectivity index (χ2n) is 13.5. The van der Waals surface area contributed by atoms with Crippen molar-refractivity contribution in [3.05, 3.63) is 0 Å². The van der Waals surface area contributed by atoms with Crippen LogP contribution >= 0.6 is 0 Å². The summed E-state index contributed by atoms with van der Waals surface area (Å²) in [6.45, 7) is 9.70. The highest BCUT2D eigenvalue weighted by molar-refractivity contribution is 5.76. The molecule has 0 aromatic carbocycles. The topological polar surface area (TPSA) is 38.8 Å². The van der Waals surface area contributed by atoms with Gasteiger partial charge in [-0.15, -0.1) is 0 Å². The second kappa shape index (κ2) is 9.69. The van der Waals surface area contributed by atoms with Crippen molar-refractivity contribution in [2.75, 3.05) is 27.3 Å². The van der Waals surface area contributed by atoms with Gasteiger partial charge in [0.1, 0.15) is 0 Å². The molecule has 5 rings (SSSR count). The number of hydrogen-bond donors (Lipinski definition) is 0. The number of likely N-dealkylation sites (tertiary alicyclic amines) is 1. The van der Waals surface area contributed by atoms with Gasteiger partial charge in [-0.25, -0.2) is 0 Å².